The van der Waals surface area contributed by atoms with Gasteiger partial charge < -0.3 is 26.6 Å². The van der Waals surface area contributed by atoms with Crippen molar-refractivity contribution in [2.45, 2.75) is 45.1 Å². The number of hydrogen-bond acceptors (Lipinski definition) is 6. The van der Waals surface area contributed by atoms with Gasteiger partial charge in [0.25, 0.3) is 0 Å². The van der Waals surface area contributed by atoms with Crippen molar-refractivity contribution in [2.75, 3.05) is 42.7 Å². The van der Waals surface area contributed by atoms with Gasteiger partial charge in [0, 0.05) is 48.7 Å². The minimum Gasteiger partial charge on any atom is -0.377 e. The molecule has 23 heavy (non-hydrogen) atoms. The first-order chi connectivity index (χ1) is 11.0. The summed E-state index contributed by atoms with van der Waals surface area (Å²) in [6, 6.07) is 0.931. The van der Waals surface area contributed by atoms with Crippen LogP contribution in [0.15, 0.2) is 12.3 Å². The van der Waals surface area contributed by atoms with Crippen molar-refractivity contribution >= 4 is 17.6 Å². The van der Waals surface area contributed by atoms with Gasteiger partial charge in [-0.15, -0.1) is 0 Å². The highest BCUT2D eigenvalue weighted by Gasteiger charge is 2.36. The zero-order valence-electron chi connectivity index (χ0n) is 16.0. The van der Waals surface area contributed by atoms with Crippen molar-refractivity contribution in [1.82, 2.24) is 0 Å². The van der Waals surface area contributed by atoms with Crippen molar-refractivity contribution in [3.63, 3.8) is 0 Å². The molecule has 0 spiro atoms. The van der Waals surface area contributed by atoms with Gasteiger partial charge in [-0.05, 0) is 12.1 Å². The van der Waals surface area contributed by atoms with Gasteiger partial charge in [0.05, 0.1) is 0 Å². The van der Waals surface area contributed by atoms with Crippen LogP contribution in [0.25, 0.3) is 0 Å². The molecular weight excluding hydrogens is 332 g/mol. The molecule has 0 bridgehead atoms. The molecule has 0 aliphatic carbocycles. The van der Waals surface area contributed by atoms with Crippen LogP contribution >= 0.6 is 0 Å². The Hall–Kier alpha value is -0.0662. The van der Waals surface area contributed by atoms with Crippen LogP contribution in [0.5, 0.6) is 0 Å². The second-order valence-corrected chi connectivity index (χ2v) is 10.8. The predicted molar refractivity (Wildman–Crippen MR) is 97.3 cm³/mol. The number of rotatable bonds is 13. The third kappa shape index (κ3) is 10.4. The van der Waals surface area contributed by atoms with Gasteiger partial charge in [0.2, 0.25) is 0 Å². The average molecular weight is 369 g/mol. The van der Waals surface area contributed by atoms with E-state index in [0.717, 1.165) is 12.5 Å². The monoisotopic (exact) mass is 368 g/mol. The van der Waals surface area contributed by atoms with Gasteiger partial charge in [-0.2, -0.15) is 0 Å². The predicted octanol–water partition coefficient (Wildman–Crippen LogP) is 3.42. The van der Waals surface area contributed by atoms with Crippen molar-refractivity contribution in [3.8, 4) is 0 Å². The molecule has 0 radical (unpaired) electrons. The van der Waals surface area contributed by atoms with Crippen LogP contribution in [-0.4, -0.2) is 60.3 Å². The van der Waals surface area contributed by atoms with E-state index < -0.39 is 17.6 Å². The Labute approximate surface area is 144 Å². The highest BCUT2D eigenvalue weighted by Crippen LogP contribution is 2.17. The molecule has 0 aromatic carbocycles. The Morgan fingerprint density at radius 2 is 1.13 bits per heavy atom. The second kappa shape index (κ2) is 15.5. The molecule has 0 fully saturated rings. The molecule has 0 aromatic rings. The normalized spacial score (nSPS) is 11.8. The summed E-state index contributed by atoms with van der Waals surface area (Å²) in [6.45, 7) is 5.75. The topological polar surface area (TPSA) is 55.4 Å². The number of hydrogen-bond donors (Lipinski definition) is 0. The van der Waals surface area contributed by atoms with Gasteiger partial charge in [-0.25, -0.2) is 0 Å². The van der Waals surface area contributed by atoms with Crippen molar-refractivity contribution in [3.05, 3.63) is 12.3 Å². The Balaban J connectivity index is 0. The summed E-state index contributed by atoms with van der Waals surface area (Å²) in [5, 5.41) is 0. The first kappa shape index (κ1) is 25.2. The molecule has 0 aromatic heterocycles. The number of unbranched alkanes of at least 4 members (excludes halogenated alkanes) is 4. The van der Waals surface area contributed by atoms with E-state index in [1.807, 2.05) is 0 Å². The third-order valence-electron chi connectivity index (χ3n) is 3.62. The van der Waals surface area contributed by atoms with E-state index in [2.05, 4.69) is 13.5 Å². The van der Waals surface area contributed by atoms with E-state index in [9.17, 15) is 0 Å². The lowest BCUT2D eigenvalue weighted by atomic mass is 10.2. The molecule has 0 aliphatic heterocycles. The Kier molecular flexibility index (Phi) is 16.9. The molecule has 0 unspecified atom stereocenters. The molecule has 0 N–H and O–H groups in total. The van der Waals surface area contributed by atoms with E-state index in [-0.39, 0.29) is 0 Å². The van der Waals surface area contributed by atoms with Gasteiger partial charge >= 0.3 is 17.6 Å². The highest BCUT2D eigenvalue weighted by molar-refractivity contribution is 6.66. The van der Waals surface area contributed by atoms with Crippen LogP contribution in [0.2, 0.25) is 6.04 Å². The molecule has 0 amide bonds. The van der Waals surface area contributed by atoms with E-state index in [0.29, 0.717) is 0 Å². The first-order valence-corrected chi connectivity index (χ1v) is 11.7. The fourth-order valence-electron chi connectivity index (χ4n) is 2.00. The fraction of sp³-hybridized carbons (Fsp3) is 0.867. The van der Waals surface area contributed by atoms with Crippen LogP contribution in [0.1, 0.15) is 39.0 Å². The molecule has 0 heterocycles. The molecular formula is C15H36O6Si2. The Morgan fingerprint density at radius 3 is 1.39 bits per heavy atom. The van der Waals surface area contributed by atoms with Crippen LogP contribution in [-0.2, 0) is 26.6 Å². The summed E-state index contributed by atoms with van der Waals surface area (Å²) in [4.78, 5) is 0. The lowest BCUT2D eigenvalue weighted by Crippen LogP contribution is -2.42. The molecule has 0 saturated heterocycles. The summed E-state index contributed by atoms with van der Waals surface area (Å²) in [5.41, 5.74) is 1.58. The standard InChI is InChI=1S/C10H24O3Si.C5H12O3Si/c1-5-6-7-8-9-10-14(11-2,12-3)13-4;1-5-9(6-2,7-3)8-4/h5-10H2,1-4H3;5H,1H2,2-4H3. The Morgan fingerprint density at radius 1 is 0.696 bits per heavy atom. The van der Waals surface area contributed by atoms with Crippen LogP contribution in [0, 0.1) is 0 Å². The molecule has 0 saturated carbocycles. The summed E-state index contributed by atoms with van der Waals surface area (Å²) >= 11 is 0. The zero-order valence-corrected chi connectivity index (χ0v) is 18.0. The lowest BCUT2D eigenvalue weighted by molar-refractivity contribution is 0.122. The summed E-state index contributed by atoms with van der Waals surface area (Å²) < 4.78 is 30.9. The average Bonchev–Trinajstić information content (AvgIpc) is 2.62. The van der Waals surface area contributed by atoms with Crippen molar-refractivity contribution in [1.29, 1.82) is 0 Å². The van der Waals surface area contributed by atoms with E-state index >= 15 is 0 Å². The van der Waals surface area contributed by atoms with E-state index in [1.165, 1.54) is 25.7 Å². The van der Waals surface area contributed by atoms with Crippen LogP contribution in [0.4, 0.5) is 0 Å². The lowest BCUT2D eigenvalue weighted by Gasteiger charge is -2.24. The Bertz CT molecular complexity index is 254. The zero-order chi connectivity index (χ0) is 18.2. The third-order valence-corrected chi connectivity index (χ3v) is 8.66. The maximum atomic E-state index is 5.34. The minimum absolute atomic E-state index is 0.931. The minimum atomic E-state index is -2.43. The van der Waals surface area contributed by atoms with E-state index in [1.54, 1.807) is 48.4 Å². The molecule has 6 nitrogen and oxygen atoms in total. The quantitative estimate of drug-likeness (QED) is 0.367. The molecule has 0 atom stereocenters. The maximum Gasteiger partial charge on any atom is 0.528 e. The molecule has 0 aliphatic rings. The van der Waals surface area contributed by atoms with Crippen molar-refractivity contribution in [2.24, 2.45) is 0 Å². The SMILES string of the molecule is C=C[Si](OC)(OC)OC.CCCCCCC[Si](OC)(OC)OC. The van der Waals surface area contributed by atoms with E-state index in [4.69, 9.17) is 26.6 Å². The highest BCUT2D eigenvalue weighted by atomic mass is 28.4. The van der Waals surface area contributed by atoms with Gasteiger partial charge in [0.15, 0.2) is 0 Å². The largest absolute Gasteiger partial charge is 0.528 e. The second-order valence-electron chi connectivity index (χ2n) is 4.88. The molecule has 8 heteroatoms. The summed E-state index contributed by atoms with van der Waals surface area (Å²) in [6.07, 6.45) is 6.29. The molecule has 140 valence electrons. The van der Waals surface area contributed by atoms with Crippen LogP contribution in [0.3, 0.4) is 0 Å². The van der Waals surface area contributed by atoms with Gasteiger partial charge in [-0.3, -0.25) is 0 Å². The first-order valence-electron chi connectivity index (χ1n) is 7.93. The fourth-order valence-corrected chi connectivity index (χ4v) is 4.80. The van der Waals surface area contributed by atoms with Crippen molar-refractivity contribution < 1.29 is 26.6 Å². The summed E-state index contributed by atoms with van der Waals surface area (Å²) in [5.74, 6) is 0. The van der Waals surface area contributed by atoms with Gasteiger partial charge in [0.1, 0.15) is 0 Å². The molecule has 0 rings (SSSR count). The van der Waals surface area contributed by atoms with Crippen LogP contribution < -0.4 is 0 Å². The van der Waals surface area contributed by atoms with Gasteiger partial charge in [-0.1, -0.05) is 39.2 Å². The summed E-state index contributed by atoms with van der Waals surface area (Å²) in [7, 11) is 4.94. The maximum absolute atomic E-state index is 5.34. The smallest absolute Gasteiger partial charge is 0.377 e.